The van der Waals surface area contributed by atoms with Crippen molar-refractivity contribution < 1.29 is 0 Å². The highest BCUT2D eigenvalue weighted by Crippen LogP contribution is 2.27. The van der Waals surface area contributed by atoms with E-state index in [9.17, 15) is 0 Å². The molecule has 1 N–H and O–H groups in total. The van der Waals surface area contributed by atoms with Gasteiger partial charge < -0.3 is 10.2 Å². The Morgan fingerprint density at radius 2 is 1.95 bits per heavy atom. The summed E-state index contributed by atoms with van der Waals surface area (Å²) in [5.41, 5.74) is 0. The number of hydrogen-bond acceptors (Lipinski definition) is 3. The van der Waals surface area contributed by atoms with Crippen LogP contribution < -0.4 is 5.32 Å². The molecule has 0 radical (unpaired) electrons. The minimum atomic E-state index is 0.678. The second kappa shape index (κ2) is 7.05. The lowest BCUT2D eigenvalue weighted by atomic mass is 9.98. The zero-order valence-electron chi connectivity index (χ0n) is 13.4. The Hall–Kier alpha value is -0.120. The van der Waals surface area contributed by atoms with E-state index in [-0.39, 0.29) is 0 Å². The summed E-state index contributed by atoms with van der Waals surface area (Å²) in [5.74, 6) is 0.781. The summed E-state index contributed by atoms with van der Waals surface area (Å²) in [4.78, 5) is 5.11. The molecule has 0 bridgehead atoms. The van der Waals surface area contributed by atoms with E-state index in [2.05, 4.69) is 43.1 Å². The average Bonchev–Trinajstić information content (AvgIpc) is 2.77. The van der Waals surface area contributed by atoms with Gasteiger partial charge in [0.1, 0.15) is 0 Å². The van der Waals surface area contributed by atoms with Gasteiger partial charge in [-0.15, -0.1) is 0 Å². The second-order valence-corrected chi connectivity index (χ2v) is 7.15. The lowest BCUT2D eigenvalue weighted by Gasteiger charge is -2.34. The highest BCUT2D eigenvalue weighted by atomic mass is 15.2. The molecule has 0 amide bonds. The van der Waals surface area contributed by atoms with Crippen LogP contribution in [0.5, 0.6) is 0 Å². The van der Waals surface area contributed by atoms with Crippen LogP contribution in [0.15, 0.2) is 0 Å². The summed E-state index contributed by atoms with van der Waals surface area (Å²) in [6.07, 6.45) is 6.90. The molecule has 3 unspecified atom stereocenters. The number of likely N-dealkylation sites (N-methyl/N-ethyl adjacent to an activating group) is 1. The van der Waals surface area contributed by atoms with Crippen LogP contribution in [0.2, 0.25) is 0 Å². The van der Waals surface area contributed by atoms with Gasteiger partial charge in [-0.3, -0.25) is 4.90 Å². The third kappa shape index (κ3) is 4.17. The first-order chi connectivity index (χ1) is 9.08. The van der Waals surface area contributed by atoms with E-state index in [1.54, 1.807) is 0 Å². The third-order valence-corrected chi connectivity index (χ3v) is 4.95. The number of nitrogens with one attached hydrogen (secondary N) is 1. The zero-order valence-corrected chi connectivity index (χ0v) is 13.4. The Morgan fingerprint density at radius 1 is 1.16 bits per heavy atom. The minimum Gasteiger partial charge on any atom is -0.311 e. The first-order valence-corrected chi connectivity index (χ1v) is 8.21. The average molecular weight is 267 g/mol. The topological polar surface area (TPSA) is 18.5 Å². The molecule has 0 spiro atoms. The lowest BCUT2D eigenvalue weighted by molar-refractivity contribution is 0.173. The SMILES string of the molecule is CC(C)CC(CNC1CCN2CCCCC12)N(C)C. The summed E-state index contributed by atoms with van der Waals surface area (Å²) in [6, 6.07) is 2.25. The van der Waals surface area contributed by atoms with Crippen LogP contribution in [0.3, 0.4) is 0 Å². The van der Waals surface area contributed by atoms with Crippen LogP contribution in [0.1, 0.15) is 46.0 Å². The molecule has 2 aliphatic rings. The maximum atomic E-state index is 3.88. The van der Waals surface area contributed by atoms with Crippen LogP contribution >= 0.6 is 0 Å². The molecule has 0 aromatic carbocycles. The molecule has 0 aromatic heterocycles. The van der Waals surface area contributed by atoms with Gasteiger partial charge in [0.15, 0.2) is 0 Å². The Balaban J connectivity index is 1.80. The van der Waals surface area contributed by atoms with Gasteiger partial charge in [-0.2, -0.15) is 0 Å². The van der Waals surface area contributed by atoms with Crippen molar-refractivity contribution in [1.29, 1.82) is 0 Å². The summed E-state index contributed by atoms with van der Waals surface area (Å²) in [5, 5.41) is 3.88. The quantitative estimate of drug-likeness (QED) is 0.796. The lowest BCUT2D eigenvalue weighted by Crippen LogP contribution is -2.48. The molecule has 0 saturated carbocycles. The van der Waals surface area contributed by atoms with Crippen LogP contribution in [-0.4, -0.2) is 61.7 Å². The molecular formula is C16H33N3. The number of fused-ring (bicyclic) bond motifs is 1. The third-order valence-electron chi connectivity index (χ3n) is 4.95. The maximum Gasteiger partial charge on any atom is 0.0249 e. The Morgan fingerprint density at radius 3 is 2.63 bits per heavy atom. The summed E-state index contributed by atoms with van der Waals surface area (Å²) in [6.45, 7) is 8.47. The first-order valence-electron chi connectivity index (χ1n) is 8.21. The summed E-state index contributed by atoms with van der Waals surface area (Å²) < 4.78 is 0. The number of hydrogen-bond donors (Lipinski definition) is 1. The van der Waals surface area contributed by atoms with Crippen molar-refractivity contribution >= 4 is 0 Å². The van der Waals surface area contributed by atoms with E-state index in [1.807, 2.05) is 0 Å². The smallest absolute Gasteiger partial charge is 0.0249 e. The standard InChI is InChI=1S/C16H33N3/c1-13(2)11-14(18(3)4)12-17-15-8-10-19-9-6-5-7-16(15)19/h13-17H,5-12H2,1-4H3. The fourth-order valence-electron chi connectivity index (χ4n) is 3.79. The van der Waals surface area contributed by atoms with Gasteiger partial charge in [0.25, 0.3) is 0 Å². The van der Waals surface area contributed by atoms with E-state index in [1.165, 1.54) is 45.2 Å². The fourth-order valence-corrected chi connectivity index (χ4v) is 3.79. The van der Waals surface area contributed by atoms with Crippen molar-refractivity contribution in [2.45, 2.75) is 64.1 Å². The fraction of sp³-hybridized carbons (Fsp3) is 1.00. The van der Waals surface area contributed by atoms with Crippen LogP contribution in [0.4, 0.5) is 0 Å². The minimum absolute atomic E-state index is 0.678. The molecule has 3 atom stereocenters. The highest BCUT2D eigenvalue weighted by molar-refractivity contribution is 4.94. The largest absolute Gasteiger partial charge is 0.311 e. The van der Waals surface area contributed by atoms with Gasteiger partial charge in [0.05, 0.1) is 0 Å². The van der Waals surface area contributed by atoms with E-state index in [0.29, 0.717) is 6.04 Å². The molecular weight excluding hydrogens is 234 g/mol. The molecule has 0 aromatic rings. The van der Waals surface area contributed by atoms with Gasteiger partial charge in [0, 0.05) is 31.2 Å². The Kier molecular flexibility index (Phi) is 5.67. The Bertz CT molecular complexity index is 265. The molecule has 19 heavy (non-hydrogen) atoms. The first kappa shape index (κ1) is 15.3. The van der Waals surface area contributed by atoms with Crippen LogP contribution in [0, 0.1) is 5.92 Å². The zero-order chi connectivity index (χ0) is 13.8. The summed E-state index contributed by atoms with van der Waals surface area (Å²) in [7, 11) is 4.44. The maximum absolute atomic E-state index is 3.88. The molecule has 112 valence electrons. The Labute approximate surface area is 119 Å². The van der Waals surface area contributed by atoms with Crippen molar-refractivity contribution in [2.24, 2.45) is 5.92 Å². The molecule has 2 aliphatic heterocycles. The van der Waals surface area contributed by atoms with Crippen LogP contribution in [0.25, 0.3) is 0 Å². The van der Waals surface area contributed by atoms with Gasteiger partial charge in [-0.05, 0) is 52.2 Å². The molecule has 2 rings (SSSR count). The van der Waals surface area contributed by atoms with E-state index >= 15 is 0 Å². The van der Waals surface area contributed by atoms with E-state index in [4.69, 9.17) is 0 Å². The molecule has 3 nitrogen and oxygen atoms in total. The molecule has 2 fully saturated rings. The number of piperidine rings is 1. The number of nitrogens with zero attached hydrogens (tertiary/aromatic N) is 2. The van der Waals surface area contributed by atoms with Crippen molar-refractivity contribution in [2.75, 3.05) is 33.7 Å². The van der Waals surface area contributed by atoms with Gasteiger partial charge in [-0.25, -0.2) is 0 Å². The van der Waals surface area contributed by atoms with Crippen molar-refractivity contribution in [3.05, 3.63) is 0 Å². The molecule has 2 heterocycles. The van der Waals surface area contributed by atoms with Gasteiger partial charge in [-0.1, -0.05) is 20.3 Å². The number of rotatable bonds is 6. The summed E-state index contributed by atoms with van der Waals surface area (Å²) >= 11 is 0. The predicted octanol–water partition coefficient (Wildman–Crippen LogP) is 2.18. The van der Waals surface area contributed by atoms with Gasteiger partial charge >= 0.3 is 0 Å². The second-order valence-electron chi connectivity index (χ2n) is 7.15. The van der Waals surface area contributed by atoms with Crippen molar-refractivity contribution in [1.82, 2.24) is 15.1 Å². The van der Waals surface area contributed by atoms with Crippen molar-refractivity contribution in [3.63, 3.8) is 0 Å². The predicted molar refractivity (Wildman–Crippen MR) is 82.5 cm³/mol. The highest BCUT2D eigenvalue weighted by Gasteiger charge is 2.35. The van der Waals surface area contributed by atoms with E-state index in [0.717, 1.165) is 24.5 Å². The van der Waals surface area contributed by atoms with Crippen LogP contribution in [-0.2, 0) is 0 Å². The van der Waals surface area contributed by atoms with E-state index < -0.39 is 0 Å². The van der Waals surface area contributed by atoms with Gasteiger partial charge in [0.2, 0.25) is 0 Å². The normalized spacial score (nSPS) is 30.0. The van der Waals surface area contributed by atoms with Crippen molar-refractivity contribution in [3.8, 4) is 0 Å². The molecule has 0 aliphatic carbocycles. The molecule has 3 heteroatoms. The monoisotopic (exact) mass is 267 g/mol. The molecule has 2 saturated heterocycles.